The summed E-state index contributed by atoms with van der Waals surface area (Å²) in [5.41, 5.74) is 5.41. The average molecular weight is 413 g/mol. The smallest absolute Gasteiger partial charge is 0.324 e. The molecule has 0 heterocycles. The van der Waals surface area contributed by atoms with Crippen molar-refractivity contribution < 1.29 is 13.0 Å². The molecule has 0 amide bonds. The van der Waals surface area contributed by atoms with Gasteiger partial charge in [0.1, 0.15) is 0 Å². The molecule has 0 aliphatic heterocycles. The van der Waals surface area contributed by atoms with Gasteiger partial charge in [0, 0.05) is 26.4 Å². The van der Waals surface area contributed by atoms with Gasteiger partial charge in [-0.25, -0.2) is 0 Å². The molecule has 24 heavy (non-hydrogen) atoms. The van der Waals surface area contributed by atoms with Gasteiger partial charge < -0.3 is 24.0 Å². The molecular formula is C15H44N2O3Si4. The van der Waals surface area contributed by atoms with Crippen molar-refractivity contribution in [3.05, 3.63) is 0 Å². The predicted molar refractivity (Wildman–Crippen MR) is 118 cm³/mol. The van der Waals surface area contributed by atoms with Crippen molar-refractivity contribution in [3.8, 4) is 0 Å². The summed E-state index contributed by atoms with van der Waals surface area (Å²) in [6.07, 6.45) is 2.19. The Labute approximate surface area is 156 Å². The van der Waals surface area contributed by atoms with Crippen molar-refractivity contribution >= 4 is 34.7 Å². The van der Waals surface area contributed by atoms with Crippen molar-refractivity contribution in [2.75, 3.05) is 33.0 Å². The van der Waals surface area contributed by atoms with Crippen LogP contribution in [0.5, 0.6) is 0 Å². The van der Waals surface area contributed by atoms with Crippen LogP contribution in [0.25, 0.3) is 0 Å². The molecule has 9 heteroatoms. The molecule has 0 fully saturated rings. The minimum atomic E-state index is -1.93. The Balaban J connectivity index is 0. The first-order valence-corrected chi connectivity index (χ1v) is 21.1. The molecule has 148 valence electrons. The highest BCUT2D eigenvalue weighted by atomic mass is 28.4. The van der Waals surface area contributed by atoms with Gasteiger partial charge in [-0.1, -0.05) is 13.1 Å². The number of rotatable bonds is 12. The van der Waals surface area contributed by atoms with E-state index < -0.39 is 34.7 Å². The van der Waals surface area contributed by atoms with Gasteiger partial charge in [-0.05, 0) is 58.3 Å². The second kappa shape index (κ2) is 14.8. The van der Waals surface area contributed by atoms with E-state index in [-0.39, 0.29) is 0 Å². The lowest BCUT2D eigenvalue weighted by Crippen LogP contribution is -2.46. The molecule has 3 N–H and O–H groups in total. The first-order valence-electron chi connectivity index (χ1n) is 9.23. The van der Waals surface area contributed by atoms with Gasteiger partial charge in [0.15, 0.2) is 17.4 Å². The zero-order valence-electron chi connectivity index (χ0n) is 17.7. The van der Waals surface area contributed by atoms with E-state index in [9.17, 15) is 0 Å². The molecule has 0 bridgehead atoms. The van der Waals surface area contributed by atoms with Gasteiger partial charge >= 0.3 is 8.56 Å². The van der Waals surface area contributed by atoms with Crippen LogP contribution in [0.3, 0.4) is 0 Å². The summed E-state index contributed by atoms with van der Waals surface area (Å²) in [6, 6.07) is 1.05. The minimum absolute atomic E-state index is 0.414. The summed E-state index contributed by atoms with van der Waals surface area (Å²) in [7, 11) is -2.75. The molecule has 0 radical (unpaired) electrons. The van der Waals surface area contributed by atoms with E-state index in [1.54, 1.807) is 7.11 Å². The van der Waals surface area contributed by atoms with Crippen molar-refractivity contribution in [2.24, 2.45) is 5.73 Å². The largest absolute Gasteiger partial charge is 0.436 e. The Morgan fingerprint density at radius 1 is 1.00 bits per heavy atom. The van der Waals surface area contributed by atoms with E-state index in [2.05, 4.69) is 57.7 Å². The van der Waals surface area contributed by atoms with Crippen molar-refractivity contribution in [2.45, 2.75) is 64.8 Å². The van der Waals surface area contributed by atoms with Crippen LogP contribution < -0.4 is 11.1 Å². The predicted octanol–water partition coefficient (Wildman–Crippen LogP) is 2.51. The van der Waals surface area contributed by atoms with Crippen LogP contribution in [0, 0.1) is 0 Å². The van der Waals surface area contributed by atoms with Gasteiger partial charge in [-0.15, -0.1) is 0 Å². The van der Waals surface area contributed by atoms with Crippen molar-refractivity contribution in [3.63, 3.8) is 0 Å². The monoisotopic (exact) mass is 412 g/mol. The zero-order valence-corrected chi connectivity index (χ0v) is 22.0. The van der Waals surface area contributed by atoms with Gasteiger partial charge in [-0.2, -0.15) is 0 Å². The summed E-state index contributed by atoms with van der Waals surface area (Å²) in [5.74, 6) is 0. The van der Waals surface area contributed by atoms with Crippen LogP contribution in [0.1, 0.15) is 6.42 Å². The molecule has 0 spiro atoms. The first kappa shape index (κ1) is 26.9. The molecule has 0 aliphatic rings. The third kappa shape index (κ3) is 20.7. The molecule has 1 atom stereocenters. The molecule has 0 rings (SSSR count). The van der Waals surface area contributed by atoms with Gasteiger partial charge in [-0.3, -0.25) is 0 Å². The third-order valence-electron chi connectivity index (χ3n) is 3.02. The molecule has 0 saturated heterocycles. The summed E-state index contributed by atoms with van der Waals surface area (Å²) >= 11 is 0. The summed E-state index contributed by atoms with van der Waals surface area (Å²) in [5, 5.41) is 3.29. The van der Waals surface area contributed by atoms with Crippen LogP contribution in [0.2, 0.25) is 58.4 Å². The molecule has 0 aromatic heterocycles. The molecule has 1 unspecified atom stereocenters. The summed E-state index contributed by atoms with van der Waals surface area (Å²) in [6.45, 7) is 20.5. The minimum Gasteiger partial charge on any atom is -0.436 e. The van der Waals surface area contributed by atoms with E-state index in [1.807, 2.05) is 0 Å². The second-order valence-electron chi connectivity index (χ2n) is 7.97. The Kier molecular flexibility index (Phi) is 16.6. The first-order chi connectivity index (χ1) is 11.0. The molecule has 5 nitrogen and oxygen atoms in total. The van der Waals surface area contributed by atoms with Crippen LogP contribution in [-0.4, -0.2) is 67.7 Å². The molecule has 0 aliphatic carbocycles. The summed E-state index contributed by atoms with van der Waals surface area (Å²) in [4.78, 5) is 0. The van der Waals surface area contributed by atoms with Gasteiger partial charge in [0.05, 0.1) is 8.80 Å². The Morgan fingerprint density at radius 3 is 1.92 bits per heavy atom. The van der Waals surface area contributed by atoms with Crippen LogP contribution in [-0.2, 0) is 13.0 Å². The maximum Gasteiger partial charge on any atom is 0.324 e. The van der Waals surface area contributed by atoms with Crippen molar-refractivity contribution in [1.29, 1.82) is 0 Å². The molecule has 0 aromatic carbocycles. The normalized spacial score (nSPS) is 14.5. The van der Waals surface area contributed by atoms with E-state index >= 15 is 0 Å². The fraction of sp³-hybridized carbons (Fsp3) is 1.00. The summed E-state index contributed by atoms with van der Waals surface area (Å²) < 4.78 is 17.3. The zero-order chi connectivity index (χ0) is 19.2. The fourth-order valence-electron chi connectivity index (χ4n) is 1.99. The van der Waals surface area contributed by atoms with Gasteiger partial charge in [0.25, 0.3) is 0 Å². The van der Waals surface area contributed by atoms with Crippen LogP contribution >= 0.6 is 0 Å². The van der Waals surface area contributed by atoms with E-state index in [1.165, 1.54) is 0 Å². The van der Waals surface area contributed by atoms with E-state index in [4.69, 9.17) is 18.7 Å². The Morgan fingerprint density at radius 2 is 1.58 bits per heavy atom. The van der Waals surface area contributed by atoms with Crippen molar-refractivity contribution in [1.82, 2.24) is 5.32 Å². The van der Waals surface area contributed by atoms with Crippen LogP contribution in [0.4, 0.5) is 0 Å². The lowest BCUT2D eigenvalue weighted by atomic mass is 10.5. The number of hydrogen-bond donors (Lipinski definition) is 2. The lowest BCUT2D eigenvalue weighted by molar-refractivity contribution is 0.301. The van der Waals surface area contributed by atoms with Gasteiger partial charge in [0.2, 0.25) is 0 Å². The molecular weight excluding hydrogens is 369 g/mol. The highest BCUT2D eigenvalue weighted by molar-refractivity contribution is 6.81. The lowest BCUT2D eigenvalue weighted by Gasteiger charge is -2.32. The van der Waals surface area contributed by atoms with E-state index in [0.717, 1.165) is 31.8 Å². The van der Waals surface area contributed by atoms with E-state index in [0.29, 0.717) is 6.54 Å². The molecule has 0 saturated carbocycles. The van der Waals surface area contributed by atoms with Crippen LogP contribution in [0.15, 0.2) is 0 Å². The standard InChI is InChI=1S/C10H28N2O2Si2.C5H16OSi2/c1-13-16(5,14-15(2,3)4)10-6-8-12-9-7-11;1-7(2)5-6-8(3)4/h12H,6-11H2,1-5H3;7-8H,5H2,1-4H3. The second-order valence-corrected chi connectivity index (χ2v) is 21.7. The molecule has 0 aromatic rings. The number of hydrogen-bond acceptors (Lipinski definition) is 5. The third-order valence-corrected chi connectivity index (χ3v) is 11.4. The highest BCUT2D eigenvalue weighted by Crippen LogP contribution is 2.20. The topological polar surface area (TPSA) is 65.7 Å². The SMILES string of the molecule is CO[Si](C)(CCCNCCN)O[Si](C)(C)C.C[SiH](C)CO[SiH](C)C. The average Bonchev–Trinajstić information content (AvgIpc) is 2.44. The Hall–Kier alpha value is 0.668. The fourth-order valence-corrected chi connectivity index (χ4v) is 12.0. The highest BCUT2D eigenvalue weighted by Gasteiger charge is 2.34. The maximum absolute atomic E-state index is 6.18. The quantitative estimate of drug-likeness (QED) is 0.381. The number of nitrogens with two attached hydrogens (primary N) is 1. The Bertz CT molecular complexity index is 284. The number of nitrogens with one attached hydrogen (secondary N) is 1. The maximum atomic E-state index is 6.18.